The molecular weight excluding hydrogens is 522 g/mol. The number of carboxylic acids is 1. The van der Waals surface area contributed by atoms with Gasteiger partial charge in [-0.1, -0.05) is 17.7 Å². The highest BCUT2D eigenvalue weighted by molar-refractivity contribution is 7.14. The first-order chi connectivity index (χ1) is 18.4. The van der Waals surface area contributed by atoms with E-state index in [1.807, 2.05) is 47.5 Å². The quantitative estimate of drug-likeness (QED) is 0.403. The summed E-state index contributed by atoms with van der Waals surface area (Å²) in [7, 11) is 0. The van der Waals surface area contributed by atoms with Gasteiger partial charge in [0.25, 0.3) is 5.91 Å². The van der Waals surface area contributed by atoms with E-state index < -0.39 is 5.97 Å². The van der Waals surface area contributed by atoms with Crippen LogP contribution in [0.2, 0.25) is 5.02 Å². The highest BCUT2D eigenvalue weighted by atomic mass is 35.5. The number of likely N-dealkylation sites (tertiary alicyclic amines) is 1. The van der Waals surface area contributed by atoms with Crippen LogP contribution in [0.15, 0.2) is 41.8 Å². The number of aromatic nitrogens is 1. The van der Waals surface area contributed by atoms with Crippen LogP contribution in [0.25, 0.3) is 11.3 Å². The summed E-state index contributed by atoms with van der Waals surface area (Å²) in [5, 5.41) is 12.8. The number of halogens is 1. The van der Waals surface area contributed by atoms with Crippen molar-refractivity contribution in [2.75, 3.05) is 31.1 Å². The topological polar surface area (TPSA) is 83.0 Å². The van der Waals surface area contributed by atoms with Gasteiger partial charge in [-0.3, -0.25) is 9.59 Å². The Labute approximate surface area is 231 Å². The fourth-order valence-electron chi connectivity index (χ4n) is 5.84. The van der Waals surface area contributed by atoms with Gasteiger partial charge in [-0.15, -0.1) is 11.3 Å². The molecule has 9 heteroatoms. The molecule has 2 aliphatic heterocycles. The van der Waals surface area contributed by atoms with Crippen LogP contribution in [0, 0.1) is 24.7 Å². The molecule has 1 saturated carbocycles. The molecule has 2 atom stereocenters. The van der Waals surface area contributed by atoms with Crippen molar-refractivity contribution in [1.29, 1.82) is 0 Å². The molecule has 1 aliphatic carbocycles. The fourth-order valence-corrected chi connectivity index (χ4v) is 6.85. The van der Waals surface area contributed by atoms with Gasteiger partial charge in [0.1, 0.15) is 12.4 Å². The zero-order valence-corrected chi connectivity index (χ0v) is 22.8. The Hall–Kier alpha value is -3.10. The first-order valence-corrected chi connectivity index (χ1v) is 14.4. The molecule has 3 fully saturated rings. The minimum absolute atomic E-state index is 0.105. The molecule has 1 N–H and O–H groups in total. The molecule has 1 amide bonds. The maximum atomic E-state index is 12.9. The number of fused-ring (bicyclic) bond motifs is 1. The number of aryl methyl sites for hydroxylation is 1. The minimum atomic E-state index is -0.682. The van der Waals surface area contributed by atoms with Crippen molar-refractivity contribution in [2.24, 2.45) is 17.8 Å². The molecule has 1 aromatic heterocycles. The molecule has 198 valence electrons. The molecule has 7 nitrogen and oxygen atoms in total. The number of benzene rings is 2. The summed E-state index contributed by atoms with van der Waals surface area (Å²) in [6, 6.07) is 11.4. The standard InChI is InChI=1S/C29H30ClN3O4S/c1-17-11-18(27(34)32-9-3-2-4-10-32)5-6-19(17)15-37-25-8-7-20(30)12-21(25)24-16-38-29(31-24)33-13-22-23(14-33)26(22)28(35)36/h5-8,11-12,16,22-23,26H,2-4,9-10,13-15H2,1H3,(H,35,36). The van der Waals surface area contributed by atoms with Crippen molar-refractivity contribution >= 4 is 39.9 Å². The molecule has 3 heterocycles. The lowest BCUT2D eigenvalue weighted by molar-refractivity contribution is -0.139. The van der Waals surface area contributed by atoms with Gasteiger partial charge in [0, 0.05) is 47.7 Å². The number of ether oxygens (including phenoxy) is 1. The second-order valence-electron chi connectivity index (χ2n) is 10.5. The second-order valence-corrected chi connectivity index (χ2v) is 11.8. The van der Waals surface area contributed by atoms with Crippen molar-refractivity contribution < 1.29 is 19.4 Å². The smallest absolute Gasteiger partial charge is 0.307 e. The van der Waals surface area contributed by atoms with Gasteiger partial charge in [0.2, 0.25) is 0 Å². The first kappa shape index (κ1) is 25.2. The van der Waals surface area contributed by atoms with Crippen LogP contribution in [0.1, 0.15) is 40.7 Å². The molecular formula is C29H30ClN3O4S. The lowest BCUT2D eigenvalue weighted by Gasteiger charge is -2.27. The lowest BCUT2D eigenvalue weighted by Crippen LogP contribution is -2.35. The first-order valence-electron chi connectivity index (χ1n) is 13.1. The van der Waals surface area contributed by atoms with E-state index in [1.54, 1.807) is 17.4 Å². The number of piperidine rings is 2. The summed E-state index contributed by atoms with van der Waals surface area (Å²) in [6.07, 6.45) is 3.34. The van der Waals surface area contributed by atoms with E-state index in [2.05, 4.69) is 4.90 Å². The third-order valence-electron chi connectivity index (χ3n) is 8.08. The Morgan fingerprint density at radius 3 is 2.58 bits per heavy atom. The van der Waals surface area contributed by atoms with Crippen molar-refractivity contribution in [1.82, 2.24) is 9.88 Å². The fraction of sp³-hybridized carbons (Fsp3) is 0.414. The number of amides is 1. The average molecular weight is 552 g/mol. The highest BCUT2D eigenvalue weighted by Crippen LogP contribution is 2.53. The molecule has 2 unspecified atom stereocenters. The van der Waals surface area contributed by atoms with E-state index in [0.717, 1.165) is 72.1 Å². The zero-order valence-electron chi connectivity index (χ0n) is 21.2. The number of aliphatic carboxylic acids is 1. The van der Waals surface area contributed by atoms with Crippen molar-refractivity contribution in [3.05, 3.63) is 63.5 Å². The SMILES string of the molecule is Cc1cc(C(=O)N2CCCCC2)ccc1COc1ccc(Cl)cc1-c1csc(N2CC3C(C2)C3C(=O)O)n1. The van der Waals surface area contributed by atoms with Crippen LogP contribution < -0.4 is 9.64 Å². The lowest BCUT2D eigenvalue weighted by atomic mass is 10.0. The maximum absolute atomic E-state index is 12.9. The van der Waals surface area contributed by atoms with Crippen LogP contribution in [0.3, 0.4) is 0 Å². The molecule has 3 aliphatic rings. The highest BCUT2D eigenvalue weighted by Gasteiger charge is 2.60. The zero-order chi connectivity index (χ0) is 26.4. The summed E-state index contributed by atoms with van der Waals surface area (Å²) in [4.78, 5) is 33.2. The predicted octanol–water partition coefficient (Wildman–Crippen LogP) is 5.74. The van der Waals surface area contributed by atoms with Crippen molar-refractivity contribution in [2.45, 2.75) is 32.8 Å². The Balaban J connectivity index is 1.15. The number of anilines is 1. The Kier molecular flexibility index (Phi) is 6.78. The summed E-state index contributed by atoms with van der Waals surface area (Å²) in [5.41, 5.74) is 4.37. The largest absolute Gasteiger partial charge is 0.488 e. The van der Waals surface area contributed by atoms with Gasteiger partial charge in [0.05, 0.1) is 11.6 Å². The minimum Gasteiger partial charge on any atom is -0.488 e. The molecule has 6 rings (SSSR count). The number of hydrogen-bond donors (Lipinski definition) is 1. The van der Waals surface area contributed by atoms with Crippen LogP contribution >= 0.6 is 22.9 Å². The molecule has 0 radical (unpaired) electrons. The van der Waals surface area contributed by atoms with Gasteiger partial charge in [-0.2, -0.15) is 0 Å². The van der Waals surface area contributed by atoms with Crippen LogP contribution in [-0.4, -0.2) is 53.0 Å². The Bertz CT molecular complexity index is 1370. The van der Waals surface area contributed by atoms with E-state index in [0.29, 0.717) is 17.4 Å². The van der Waals surface area contributed by atoms with Crippen molar-refractivity contribution in [3.63, 3.8) is 0 Å². The normalized spacial score (nSPS) is 22.3. The van der Waals surface area contributed by atoms with Gasteiger partial charge in [0.15, 0.2) is 5.13 Å². The third-order valence-corrected chi connectivity index (χ3v) is 9.21. The number of hydrogen-bond acceptors (Lipinski definition) is 6. The molecule has 0 spiro atoms. The van der Waals surface area contributed by atoms with E-state index in [-0.39, 0.29) is 23.7 Å². The molecule has 3 aromatic rings. The summed E-state index contributed by atoms with van der Waals surface area (Å²) >= 11 is 7.90. The molecule has 0 bridgehead atoms. The number of rotatable bonds is 7. The summed E-state index contributed by atoms with van der Waals surface area (Å²) < 4.78 is 6.26. The molecule has 2 aromatic carbocycles. The summed E-state index contributed by atoms with van der Waals surface area (Å²) in [5.74, 6) is 0.379. The van der Waals surface area contributed by atoms with E-state index in [1.165, 1.54) is 6.42 Å². The number of nitrogens with zero attached hydrogens (tertiary/aromatic N) is 3. The van der Waals surface area contributed by atoms with Gasteiger partial charge < -0.3 is 19.6 Å². The van der Waals surface area contributed by atoms with Crippen molar-refractivity contribution in [3.8, 4) is 17.0 Å². The van der Waals surface area contributed by atoms with E-state index in [9.17, 15) is 14.7 Å². The van der Waals surface area contributed by atoms with Gasteiger partial charge in [-0.05, 0) is 79.5 Å². The van der Waals surface area contributed by atoms with E-state index in [4.69, 9.17) is 21.3 Å². The monoisotopic (exact) mass is 551 g/mol. The number of carbonyl (C=O) groups excluding carboxylic acids is 1. The Morgan fingerprint density at radius 2 is 1.87 bits per heavy atom. The van der Waals surface area contributed by atoms with Crippen LogP contribution in [0.4, 0.5) is 5.13 Å². The van der Waals surface area contributed by atoms with E-state index >= 15 is 0 Å². The number of thiazole rings is 1. The molecule has 38 heavy (non-hydrogen) atoms. The second kappa shape index (κ2) is 10.2. The maximum Gasteiger partial charge on any atom is 0.307 e. The van der Waals surface area contributed by atoms with Gasteiger partial charge in [-0.25, -0.2) is 4.98 Å². The Morgan fingerprint density at radius 1 is 1.11 bits per heavy atom. The van der Waals surface area contributed by atoms with Crippen LogP contribution in [-0.2, 0) is 11.4 Å². The summed E-state index contributed by atoms with van der Waals surface area (Å²) in [6.45, 7) is 5.52. The number of carbonyl (C=O) groups is 2. The van der Waals surface area contributed by atoms with Crippen LogP contribution in [0.5, 0.6) is 5.75 Å². The predicted molar refractivity (Wildman–Crippen MR) is 148 cm³/mol. The molecule has 2 saturated heterocycles. The number of carboxylic acid groups (broad SMARTS) is 1. The van der Waals surface area contributed by atoms with Gasteiger partial charge >= 0.3 is 5.97 Å². The average Bonchev–Trinajstić information content (AvgIpc) is 3.23. The third kappa shape index (κ3) is 4.87.